The van der Waals surface area contributed by atoms with Gasteiger partial charge in [0, 0.05) is 5.56 Å². The van der Waals surface area contributed by atoms with Crippen LogP contribution in [0.2, 0.25) is 0 Å². The molecule has 0 heterocycles. The molecule has 1 aliphatic rings. The fraction of sp³-hybridized carbons (Fsp3) is 0.500. The Hall–Kier alpha value is -1.81. The molecule has 1 aromatic carbocycles. The summed E-state index contributed by atoms with van der Waals surface area (Å²) in [5.41, 5.74) is -1.32. The molecule has 0 amide bonds. The number of carbonyl (C=O) groups excluding carboxylic acids is 1. The number of ether oxygens (including phenoxy) is 1. The Bertz CT molecular complexity index is 548. The number of hydrogen-bond donors (Lipinski definition) is 0. The van der Waals surface area contributed by atoms with Crippen molar-refractivity contribution in [3.8, 4) is 5.75 Å². The van der Waals surface area contributed by atoms with E-state index in [1.165, 1.54) is 13.2 Å². The molecule has 1 aliphatic carbocycles. The molecule has 0 atom stereocenters. The Balaban J connectivity index is 2.68. The van der Waals surface area contributed by atoms with Crippen LogP contribution in [-0.4, -0.2) is 13.2 Å². The zero-order chi connectivity index (χ0) is 14.8. The maximum atomic E-state index is 13.6. The van der Waals surface area contributed by atoms with Crippen LogP contribution >= 0.6 is 0 Å². The van der Waals surface area contributed by atoms with Crippen LogP contribution in [0, 0.1) is 5.82 Å². The van der Waals surface area contributed by atoms with Crippen molar-refractivity contribution in [3.63, 3.8) is 0 Å². The number of benzene rings is 1. The molecular weight excluding hydrogens is 271 g/mol. The van der Waals surface area contributed by atoms with Crippen molar-refractivity contribution >= 4 is 6.08 Å². The average molecular weight is 285 g/mol. The first-order valence-corrected chi connectivity index (χ1v) is 6.29. The van der Waals surface area contributed by atoms with Crippen LogP contribution < -0.4 is 4.74 Å². The minimum absolute atomic E-state index is 0.0951. The second-order valence-corrected chi connectivity index (χ2v) is 4.82. The van der Waals surface area contributed by atoms with Crippen molar-refractivity contribution < 1.29 is 22.7 Å². The van der Waals surface area contributed by atoms with Crippen LogP contribution in [0.5, 0.6) is 5.75 Å². The smallest absolute Gasteiger partial charge is 0.267 e. The van der Waals surface area contributed by atoms with Gasteiger partial charge in [0.05, 0.1) is 12.7 Å². The molecule has 0 N–H and O–H groups in total. The van der Waals surface area contributed by atoms with Gasteiger partial charge in [0.2, 0.25) is 6.08 Å². The highest BCUT2D eigenvalue weighted by Crippen LogP contribution is 2.48. The van der Waals surface area contributed by atoms with Gasteiger partial charge in [0.1, 0.15) is 17.1 Å². The number of rotatable bonds is 4. The number of aliphatic imine (C=N–C) groups is 1. The highest BCUT2D eigenvalue weighted by atomic mass is 19.3. The predicted molar refractivity (Wildman–Crippen MR) is 66.2 cm³/mol. The molecule has 3 nitrogen and oxygen atoms in total. The summed E-state index contributed by atoms with van der Waals surface area (Å²) in [6.07, 6.45) is 1.17. The Kier molecular flexibility index (Phi) is 4.14. The molecule has 1 aromatic rings. The minimum Gasteiger partial charge on any atom is -0.496 e. The van der Waals surface area contributed by atoms with Crippen molar-refractivity contribution in [1.82, 2.24) is 0 Å². The van der Waals surface area contributed by atoms with E-state index in [9.17, 15) is 18.0 Å². The van der Waals surface area contributed by atoms with E-state index in [0.717, 1.165) is 25.0 Å². The number of isocyanates is 1. The third-order valence-electron chi connectivity index (χ3n) is 3.71. The van der Waals surface area contributed by atoms with Gasteiger partial charge in [-0.05, 0) is 25.0 Å². The van der Waals surface area contributed by atoms with Gasteiger partial charge in [0.25, 0.3) is 6.43 Å². The summed E-state index contributed by atoms with van der Waals surface area (Å²) in [7, 11) is 1.25. The number of alkyl halides is 2. The van der Waals surface area contributed by atoms with Crippen LogP contribution in [-0.2, 0) is 10.3 Å². The van der Waals surface area contributed by atoms with E-state index in [1.54, 1.807) is 0 Å². The van der Waals surface area contributed by atoms with Gasteiger partial charge in [-0.2, -0.15) is 4.99 Å². The lowest BCUT2D eigenvalue weighted by Gasteiger charge is -2.26. The molecule has 0 unspecified atom stereocenters. The van der Waals surface area contributed by atoms with Crippen LogP contribution in [0.15, 0.2) is 17.1 Å². The van der Waals surface area contributed by atoms with E-state index in [1.807, 2.05) is 0 Å². The molecule has 0 aliphatic heterocycles. The van der Waals surface area contributed by atoms with E-state index in [4.69, 9.17) is 4.74 Å². The second-order valence-electron chi connectivity index (χ2n) is 4.82. The zero-order valence-corrected chi connectivity index (χ0v) is 11.0. The second kappa shape index (κ2) is 5.67. The molecule has 6 heteroatoms. The summed E-state index contributed by atoms with van der Waals surface area (Å²) in [5.74, 6) is -0.884. The summed E-state index contributed by atoms with van der Waals surface area (Å²) in [5, 5.41) is 0. The fourth-order valence-electron chi connectivity index (χ4n) is 2.84. The molecular formula is C14H14F3NO2. The van der Waals surface area contributed by atoms with Crippen molar-refractivity contribution in [2.75, 3.05) is 7.11 Å². The van der Waals surface area contributed by atoms with E-state index in [2.05, 4.69) is 4.99 Å². The zero-order valence-electron chi connectivity index (χ0n) is 11.0. The average Bonchev–Trinajstić information content (AvgIpc) is 2.87. The van der Waals surface area contributed by atoms with Crippen molar-refractivity contribution in [2.45, 2.75) is 37.6 Å². The van der Waals surface area contributed by atoms with Gasteiger partial charge in [-0.25, -0.2) is 18.0 Å². The number of halogens is 3. The van der Waals surface area contributed by atoms with Gasteiger partial charge in [-0.15, -0.1) is 0 Å². The lowest BCUT2D eigenvalue weighted by atomic mass is 9.86. The Labute approximate surface area is 114 Å². The summed E-state index contributed by atoms with van der Waals surface area (Å²) in [6, 6.07) is 1.87. The van der Waals surface area contributed by atoms with Crippen LogP contribution in [0.1, 0.15) is 43.2 Å². The third kappa shape index (κ3) is 2.43. The van der Waals surface area contributed by atoms with Crippen LogP contribution in [0.25, 0.3) is 0 Å². The molecule has 0 bridgehead atoms. The summed E-state index contributed by atoms with van der Waals surface area (Å²) in [4.78, 5) is 14.4. The fourth-order valence-corrected chi connectivity index (χ4v) is 2.84. The Morgan fingerprint density at radius 1 is 1.35 bits per heavy atom. The van der Waals surface area contributed by atoms with Crippen molar-refractivity contribution in [2.24, 2.45) is 4.99 Å². The molecule has 0 aromatic heterocycles. The first kappa shape index (κ1) is 14.6. The Morgan fingerprint density at radius 3 is 2.50 bits per heavy atom. The third-order valence-corrected chi connectivity index (χ3v) is 3.71. The van der Waals surface area contributed by atoms with Gasteiger partial charge in [-0.1, -0.05) is 12.8 Å². The van der Waals surface area contributed by atoms with Gasteiger partial charge < -0.3 is 4.74 Å². The quantitative estimate of drug-likeness (QED) is 0.622. The van der Waals surface area contributed by atoms with Crippen LogP contribution in [0.4, 0.5) is 13.2 Å². The highest BCUT2D eigenvalue weighted by molar-refractivity contribution is 5.49. The summed E-state index contributed by atoms with van der Waals surface area (Å²) in [6.45, 7) is 0. The maximum Gasteiger partial charge on any atom is 0.267 e. The Morgan fingerprint density at radius 2 is 2.00 bits per heavy atom. The number of nitrogens with zero attached hydrogens (tertiary/aromatic N) is 1. The lowest BCUT2D eigenvalue weighted by molar-refractivity contribution is 0.146. The molecule has 0 saturated heterocycles. The number of methoxy groups -OCH3 is 1. The van der Waals surface area contributed by atoms with E-state index in [-0.39, 0.29) is 11.3 Å². The first-order chi connectivity index (χ1) is 9.54. The molecule has 0 radical (unpaired) electrons. The molecule has 0 spiro atoms. The molecule has 2 rings (SSSR count). The SMILES string of the molecule is COc1c(C(F)F)cc(F)cc1C1(N=C=O)CCCC1. The molecule has 1 fully saturated rings. The maximum absolute atomic E-state index is 13.6. The normalized spacial score (nSPS) is 17.1. The van der Waals surface area contributed by atoms with Gasteiger partial charge >= 0.3 is 0 Å². The molecule has 108 valence electrons. The van der Waals surface area contributed by atoms with Gasteiger partial charge in [0.15, 0.2) is 0 Å². The molecule has 1 saturated carbocycles. The highest BCUT2D eigenvalue weighted by Gasteiger charge is 2.39. The minimum atomic E-state index is -2.86. The number of hydrogen-bond acceptors (Lipinski definition) is 3. The molecule has 20 heavy (non-hydrogen) atoms. The van der Waals surface area contributed by atoms with E-state index in [0.29, 0.717) is 12.8 Å². The topological polar surface area (TPSA) is 38.7 Å². The monoisotopic (exact) mass is 285 g/mol. The van der Waals surface area contributed by atoms with Crippen LogP contribution in [0.3, 0.4) is 0 Å². The first-order valence-electron chi connectivity index (χ1n) is 6.29. The predicted octanol–water partition coefficient (Wildman–Crippen LogP) is 3.88. The van der Waals surface area contributed by atoms with Crippen molar-refractivity contribution in [3.05, 3.63) is 29.1 Å². The lowest BCUT2D eigenvalue weighted by Crippen LogP contribution is -2.21. The summed E-state index contributed by atoms with van der Waals surface area (Å²) >= 11 is 0. The standard InChI is InChI=1S/C14H14F3NO2/c1-20-12-10(13(16)17)6-9(15)7-11(12)14(18-8-19)4-2-3-5-14/h6-7,13H,2-5H2,1H3. The van der Waals surface area contributed by atoms with E-state index < -0.39 is 23.3 Å². The van der Waals surface area contributed by atoms with E-state index >= 15 is 0 Å². The van der Waals surface area contributed by atoms with Gasteiger partial charge in [-0.3, -0.25) is 0 Å². The largest absolute Gasteiger partial charge is 0.496 e. The van der Waals surface area contributed by atoms with Crippen molar-refractivity contribution in [1.29, 1.82) is 0 Å². The summed E-state index contributed by atoms with van der Waals surface area (Å²) < 4.78 is 44.7.